The van der Waals surface area contributed by atoms with Crippen LogP contribution in [-0.2, 0) is 28.1 Å². The van der Waals surface area contributed by atoms with Crippen molar-refractivity contribution in [3.8, 4) is 44.5 Å². The van der Waals surface area contributed by atoms with Gasteiger partial charge in [0.25, 0.3) is 0 Å². The minimum absolute atomic E-state index is 0.0292. The van der Waals surface area contributed by atoms with Gasteiger partial charge in [-0.1, -0.05) is 185 Å². The molecule has 0 fully saturated rings. The van der Waals surface area contributed by atoms with E-state index in [1.165, 1.54) is 101 Å². The Kier molecular flexibility index (Phi) is 10.3. The number of nitrogens with one attached hydrogen (secondary N) is 1. The van der Waals surface area contributed by atoms with Gasteiger partial charge >= 0.3 is 0 Å². The molecule has 0 amide bonds. The second kappa shape index (κ2) is 15.8. The van der Waals surface area contributed by atoms with Gasteiger partial charge in [-0.15, -0.1) is 0 Å². The van der Waals surface area contributed by atoms with Gasteiger partial charge in [-0.05, 0) is 149 Å². The van der Waals surface area contributed by atoms with Gasteiger partial charge in [0.05, 0.1) is 17.1 Å². The minimum atomic E-state index is -0.151. The number of hydrogen-bond acceptors (Lipinski definition) is 2. The Morgan fingerprint density at radius 1 is 0.409 bits per heavy atom. The fourth-order valence-electron chi connectivity index (χ4n) is 10.4. The van der Waals surface area contributed by atoms with Crippen LogP contribution in [0.3, 0.4) is 0 Å². The van der Waals surface area contributed by atoms with E-state index in [4.69, 9.17) is 0 Å². The molecule has 10 rings (SSSR count). The van der Waals surface area contributed by atoms with E-state index in [0.717, 1.165) is 17.8 Å². The Hall–Kier alpha value is -6.64. The Morgan fingerprint density at radius 3 is 1.64 bits per heavy atom. The van der Waals surface area contributed by atoms with E-state index in [-0.39, 0.29) is 21.7 Å². The van der Waals surface area contributed by atoms with Crippen LogP contribution < -0.4 is 10.2 Å². The SMILES string of the molecule is CC(C)(C)c1ccc(Nc2ccc(C(C)(C)C)cc2-c2cc(-c3ccccc3)cc3c2Cc2cc4c(cc2N3c2ccc(C(C)(C)C)cc2-c2ccccc2)C(C)(C)c2ccccc2-4)cc1. The molecule has 8 aromatic carbocycles. The molecule has 2 heteroatoms. The molecule has 66 heavy (non-hydrogen) atoms. The number of anilines is 5. The second-order valence-corrected chi connectivity index (χ2v) is 22.4. The van der Waals surface area contributed by atoms with Crippen LogP contribution in [0.25, 0.3) is 44.5 Å². The van der Waals surface area contributed by atoms with Crippen LogP contribution in [0.1, 0.15) is 115 Å². The van der Waals surface area contributed by atoms with Crippen LogP contribution in [-0.4, -0.2) is 0 Å². The summed E-state index contributed by atoms with van der Waals surface area (Å²) in [4.78, 5) is 2.63. The quantitative estimate of drug-likeness (QED) is 0.179. The van der Waals surface area contributed by atoms with Crippen LogP contribution in [0, 0.1) is 0 Å². The van der Waals surface area contributed by atoms with Gasteiger partial charge in [-0.25, -0.2) is 0 Å². The number of hydrogen-bond donors (Lipinski definition) is 1. The van der Waals surface area contributed by atoms with Crippen molar-refractivity contribution in [1.29, 1.82) is 0 Å². The lowest BCUT2D eigenvalue weighted by Gasteiger charge is -2.38. The molecule has 8 aromatic rings. The maximum Gasteiger partial charge on any atom is 0.0540 e. The highest BCUT2D eigenvalue weighted by Gasteiger charge is 2.39. The van der Waals surface area contributed by atoms with Gasteiger partial charge in [-0.3, -0.25) is 0 Å². The summed E-state index contributed by atoms with van der Waals surface area (Å²) in [5, 5.41) is 3.95. The maximum atomic E-state index is 3.95. The molecule has 1 aliphatic carbocycles. The summed E-state index contributed by atoms with van der Waals surface area (Å²) in [6.07, 6.45) is 0.793. The summed E-state index contributed by atoms with van der Waals surface area (Å²) in [5.41, 5.74) is 25.0. The number of benzene rings is 8. The topological polar surface area (TPSA) is 15.3 Å². The predicted molar refractivity (Wildman–Crippen MR) is 284 cm³/mol. The number of fused-ring (bicyclic) bond motifs is 5. The monoisotopic (exact) mass is 861 g/mol. The van der Waals surface area contributed by atoms with Crippen LogP contribution in [0.5, 0.6) is 0 Å². The zero-order valence-electron chi connectivity index (χ0n) is 40.8. The van der Waals surface area contributed by atoms with E-state index in [9.17, 15) is 0 Å². The molecule has 2 aliphatic rings. The molecule has 1 heterocycles. The zero-order valence-corrected chi connectivity index (χ0v) is 40.8. The Morgan fingerprint density at radius 2 is 0.985 bits per heavy atom. The van der Waals surface area contributed by atoms with Crippen LogP contribution in [0.2, 0.25) is 0 Å². The van der Waals surface area contributed by atoms with E-state index in [2.05, 4.69) is 256 Å². The summed E-state index contributed by atoms with van der Waals surface area (Å²) in [5.74, 6) is 0. The van der Waals surface area contributed by atoms with Gasteiger partial charge in [0.2, 0.25) is 0 Å². The molecular weight excluding hydrogens is 797 g/mol. The Balaban J connectivity index is 1.29. The fraction of sp³-hybridized carbons (Fsp3) is 0.250. The molecule has 0 spiro atoms. The van der Waals surface area contributed by atoms with Crippen LogP contribution in [0.15, 0.2) is 170 Å². The van der Waals surface area contributed by atoms with Crippen LogP contribution >= 0.6 is 0 Å². The van der Waals surface area contributed by atoms with Gasteiger partial charge in [0, 0.05) is 34.3 Å². The number of rotatable bonds is 6. The lowest BCUT2D eigenvalue weighted by molar-refractivity contribution is 0.590. The largest absolute Gasteiger partial charge is 0.355 e. The smallest absolute Gasteiger partial charge is 0.0540 e. The Bertz CT molecular complexity index is 3130. The van der Waals surface area contributed by atoms with Gasteiger partial charge in [0.15, 0.2) is 0 Å². The molecule has 0 unspecified atom stereocenters. The molecule has 1 N–H and O–H groups in total. The molecule has 0 atom stereocenters. The molecule has 2 nitrogen and oxygen atoms in total. The van der Waals surface area contributed by atoms with Crippen molar-refractivity contribution in [2.45, 2.75) is 104 Å². The summed E-state index contributed by atoms with van der Waals surface area (Å²) >= 11 is 0. The summed E-state index contributed by atoms with van der Waals surface area (Å²) in [6.45, 7) is 25.6. The van der Waals surface area contributed by atoms with Crippen molar-refractivity contribution < 1.29 is 0 Å². The maximum absolute atomic E-state index is 3.95. The van der Waals surface area contributed by atoms with Crippen molar-refractivity contribution in [3.63, 3.8) is 0 Å². The standard InChI is InChI=1S/C64H64N2/c1-61(2,3)45-26-30-48(31-27-45)65-57-32-28-46(62(4,5)6)39-53(57)51-34-43(41-20-14-12-15-21-41)37-60-54(51)36-44-35-52-49-24-18-19-25-55(49)64(10,11)56(52)40-59(44)66(60)58-33-29-47(63(7,8)9)38-50(58)42-22-16-13-17-23-42/h12-35,37-40,65H,36H2,1-11H3. The normalized spacial score (nSPS) is 14.0. The third kappa shape index (κ3) is 7.65. The van der Waals surface area contributed by atoms with Crippen molar-refractivity contribution in [2.75, 3.05) is 10.2 Å². The molecule has 1 aliphatic heterocycles. The third-order valence-corrected chi connectivity index (χ3v) is 14.4. The van der Waals surface area contributed by atoms with E-state index < -0.39 is 0 Å². The van der Waals surface area contributed by atoms with Gasteiger partial charge < -0.3 is 10.2 Å². The van der Waals surface area contributed by atoms with Crippen molar-refractivity contribution >= 4 is 28.4 Å². The predicted octanol–water partition coefficient (Wildman–Crippen LogP) is 18.0. The highest BCUT2D eigenvalue weighted by molar-refractivity contribution is 5.99. The van der Waals surface area contributed by atoms with E-state index in [1.54, 1.807) is 0 Å². The third-order valence-electron chi connectivity index (χ3n) is 14.4. The lowest BCUT2D eigenvalue weighted by Crippen LogP contribution is -2.22. The summed E-state index contributed by atoms with van der Waals surface area (Å²) < 4.78 is 0. The molecule has 0 saturated heterocycles. The van der Waals surface area contributed by atoms with E-state index in [1.807, 2.05) is 0 Å². The van der Waals surface area contributed by atoms with E-state index in [0.29, 0.717) is 0 Å². The lowest BCUT2D eigenvalue weighted by atomic mass is 9.79. The second-order valence-electron chi connectivity index (χ2n) is 22.4. The minimum Gasteiger partial charge on any atom is -0.355 e. The first kappa shape index (κ1) is 43.3. The molecular formula is C64H64N2. The van der Waals surface area contributed by atoms with Crippen molar-refractivity contribution in [3.05, 3.63) is 209 Å². The van der Waals surface area contributed by atoms with Crippen LogP contribution in [0.4, 0.5) is 28.4 Å². The zero-order chi connectivity index (χ0) is 46.3. The average molecular weight is 861 g/mol. The van der Waals surface area contributed by atoms with Crippen molar-refractivity contribution in [1.82, 2.24) is 0 Å². The molecule has 0 saturated carbocycles. The summed E-state index contributed by atoms with van der Waals surface area (Å²) in [6, 6.07) is 64.4. The van der Waals surface area contributed by atoms with E-state index >= 15 is 0 Å². The first-order chi connectivity index (χ1) is 31.4. The average Bonchev–Trinajstić information content (AvgIpc) is 3.51. The van der Waals surface area contributed by atoms with Gasteiger partial charge in [-0.2, -0.15) is 0 Å². The molecule has 0 radical (unpaired) electrons. The Labute approximate surface area is 394 Å². The van der Waals surface area contributed by atoms with Crippen molar-refractivity contribution in [2.24, 2.45) is 0 Å². The molecule has 0 aromatic heterocycles. The van der Waals surface area contributed by atoms with Gasteiger partial charge in [0.1, 0.15) is 0 Å². The first-order valence-corrected chi connectivity index (χ1v) is 23.9. The highest BCUT2D eigenvalue weighted by Crippen LogP contribution is 2.57. The number of nitrogens with zero attached hydrogens (tertiary/aromatic N) is 1. The summed E-state index contributed by atoms with van der Waals surface area (Å²) in [7, 11) is 0. The highest BCUT2D eigenvalue weighted by atomic mass is 15.2. The molecule has 330 valence electrons. The first-order valence-electron chi connectivity index (χ1n) is 23.9. The molecule has 0 bridgehead atoms. The fourth-order valence-corrected chi connectivity index (χ4v) is 10.4.